The van der Waals surface area contributed by atoms with Crippen molar-refractivity contribution in [2.75, 3.05) is 6.54 Å². The molecule has 1 saturated heterocycles. The summed E-state index contributed by atoms with van der Waals surface area (Å²) in [5, 5.41) is 1.76. The molecule has 1 aliphatic carbocycles. The van der Waals surface area contributed by atoms with E-state index in [1.807, 2.05) is 0 Å². The van der Waals surface area contributed by atoms with Crippen molar-refractivity contribution in [2.24, 2.45) is 11.8 Å². The Morgan fingerprint density at radius 1 is 1.12 bits per heavy atom. The summed E-state index contributed by atoms with van der Waals surface area (Å²) in [5.74, 6) is -1.53. The molecule has 4 amide bonds. The van der Waals surface area contributed by atoms with E-state index in [0.717, 1.165) is 25.7 Å². The summed E-state index contributed by atoms with van der Waals surface area (Å²) in [6.45, 7) is 0.0609. The van der Waals surface area contributed by atoms with Crippen LogP contribution in [0.25, 0.3) is 0 Å². The minimum absolute atomic E-state index is 0.0262. The van der Waals surface area contributed by atoms with Gasteiger partial charge in [0.15, 0.2) is 0 Å². The summed E-state index contributed by atoms with van der Waals surface area (Å²) in [6, 6.07) is 3.39. The highest BCUT2D eigenvalue weighted by Crippen LogP contribution is 2.37. The normalized spacial score (nSPS) is 23.1. The third kappa shape index (κ3) is 3.33. The first kappa shape index (κ1) is 16.6. The van der Waals surface area contributed by atoms with Crippen LogP contribution in [0.2, 0.25) is 0 Å². The zero-order chi connectivity index (χ0) is 17.1. The molecular formula is C16H19N3O4S. The Labute approximate surface area is 143 Å². The molecule has 1 aliphatic heterocycles. The molecule has 2 fully saturated rings. The molecule has 0 radical (unpaired) electrons. The maximum absolute atomic E-state index is 12.3. The van der Waals surface area contributed by atoms with Gasteiger partial charge in [-0.2, -0.15) is 0 Å². The van der Waals surface area contributed by atoms with Crippen molar-refractivity contribution in [1.29, 1.82) is 0 Å². The SMILES string of the molecule is O=C(CCN1C(=O)[C@H]2CCCC[C@H]2C1=O)NNC(=O)c1cccs1. The van der Waals surface area contributed by atoms with Gasteiger partial charge >= 0.3 is 0 Å². The number of imide groups is 1. The number of hydrogen-bond donors (Lipinski definition) is 2. The second-order valence-electron chi connectivity index (χ2n) is 6.06. The summed E-state index contributed by atoms with van der Waals surface area (Å²) in [4.78, 5) is 49.8. The average Bonchev–Trinajstić information content (AvgIpc) is 3.20. The van der Waals surface area contributed by atoms with Crippen LogP contribution in [0.1, 0.15) is 41.8 Å². The largest absolute Gasteiger partial charge is 0.282 e. The van der Waals surface area contributed by atoms with E-state index in [1.165, 1.54) is 16.2 Å². The smallest absolute Gasteiger partial charge is 0.279 e. The van der Waals surface area contributed by atoms with Crippen LogP contribution in [0, 0.1) is 11.8 Å². The standard InChI is InChI=1S/C16H19N3O4S/c20-13(17-18-14(21)12-6-3-9-24-12)7-8-19-15(22)10-4-1-2-5-11(10)16(19)23/h3,6,9-11H,1-2,4-5,7-8H2,(H,17,20)(H,18,21)/t10-,11+. The summed E-state index contributed by atoms with van der Waals surface area (Å²) in [6.07, 6.45) is 3.44. The molecule has 0 bridgehead atoms. The van der Waals surface area contributed by atoms with E-state index in [-0.39, 0.29) is 36.6 Å². The Morgan fingerprint density at radius 3 is 2.38 bits per heavy atom. The number of hydrazine groups is 1. The van der Waals surface area contributed by atoms with Crippen LogP contribution in [-0.2, 0) is 14.4 Å². The Balaban J connectivity index is 1.47. The number of rotatable bonds is 4. The lowest BCUT2D eigenvalue weighted by Gasteiger charge is -2.19. The average molecular weight is 349 g/mol. The van der Waals surface area contributed by atoms with Gasteiger partial charge in [-0.25, -0.2) is 0 Å². The van der Waals surface area contributed by atoms with E-state index < -0.39 is 11.8 Å². The first-order chi connectivity index (χ1) is 11.6. The molecule has 1 aromatic rings. The van der Waals surface area contributed by atoms with Crippen LogP contribution in [0.3, 0.4) is 0 Å². The highest BCUT2D eigenvalue weighted by atomic mass is 32.1. The zero-order valence-corrected chi connectivity index (χ0v) is 13.9. The van der Waals surface area contributed by atoms with Crippen LogP contribution in [0.4, 0.5) is 0 Å². The lowest BCUT2D eigenvalue weighted by Crippen LogP contribution is -2.43. The molecule has 2 aliphatic rings. The van der Waals surface area contributed by atoms with Crippen molar-refractivity contribution in [1.82, 2.24) is 15.8 Å². The Hall–Kier alpha value is -2.22. The van der Waals surface area contributed by atoms with Crippen molar-refractivity contribution >= 4 is 35.0 Å². The highest BCUT2D eigenvalue weighted by molar-refractivity contribution is 7.12. The predicted molar refractivity (Wildman–Crippen MR) is 86.7 cm³/mol. The minimum Gasteiger partial charge on any atom is -0.282 e. The summed E-state index contributed by atoms with van der Waals surface area (Å²) in [5.41, 5.74) is 4.62. The van der Waals surface area contributed by atoms with Crippen molar-refractivity contribution < 1.29 is 19.2 Å². The third-order valence-corrected chi connectivity index (χ3v) is 5.42. The maximum Gasteiger partial charge on any atom is 0.279 e. The Bertz CT molecular complexity index is 634. The maximum atomic E-state index is 12.3. The van der Waals surface area contributed by atoms with Crippen LogP contribution in [-0.4, -0.2) is 35.1 Å². The highest BCUT2D eigenvalue weighted by Gasteiger charge is 2.47. The van der Waals surface area contributed by atoms with Crippen molar-refractivity contribution in [3.8, 4) is 0 Å². The molecule has 8 heteroatoms. The summed E-state index contributed by atoms with van der Waals surface area (Å²) in [7, 11) is 0. The van der Waals surface area contributed by atoms with Gasteiger partial charge in [0.1, 0.15) is 0 Å². The number of nitrogens with one attached hydrogen (secondary N) is 2. The molecule has 2 heterocycles. The van der Waals surface area contributed by atoms with Gasteiger partial charge in [0, 0.05) is 13.0 Å². The predicted octanol–water partition coefficient (Wildman–Crippen LogP) is 1.07. The van der Waals surface area contributed by atoms with Crippen molar-refractivity contribution in [2.45, 2.75) is 32.1 Å². The van der Waals surface area contributed by atoms with E-state index in [1.54, 1.807) is 17.5 Å². The number of carbonyl (C=O) groups is 4. The number of hydrogen-bond acceptors (Lipinski definition) is 5. The van der Waals surface area contributed by atoms with E-state index in [4.69, 9.17) is 0 Å². The lowest BCUT2D eigenvalue weighted by atomic mass is 9.81. The van der Waals surface area contributed by atoms with Crippen molar-refractivity contribution in [3.63, 3.8) is 0 Å². The minimum atomic E-state index is -0.435. The van der Waals surface area contributed by atoms with Gasteiger partial charge in [-0.15, -0.1) is 11.3 Å². The molecule has 0 unspecified atom stereocenters. The van der Waals surface area contributed by atoms with Crippen LogP contribution < -0.4 is 10.9 Å². The number of nitrogens with zero attached hydrogens (tertiary/aromatic N) is 1. The quantitative estimate of drug-likeness (QED) is 0.628. The second-order valence-corrected chi connectivity index (χ2v) is 7.00. The van der Waals surface area contributed by atoms with Gasteiger partial charge in [0.2, 0.25) is 17.7 Å². The number of thiophene rings is 1. The van der Waals surface area contributed by atoms with Gasteiger partial charge in [-0.1, -0.05) is 18.9 Å². The van der Waals surface area contributed by atoms with Gasteiger partial charge in [-0.3, -0.25) is 34.9 Å². The molecule has 24 heavy (non-hydrogen) atoms. The summed E-state index contributed by atoms with van der Waals surface area (Å²) >= 11 is 1.27. The zero-order valence-electron chi connectivity index (χ0n) is 13.1. The molecule has 3 rings (SSSR count). The number of likely N-dealkylation sites (tertiary alicyclic amines) is 1. The molecular weight excluding hydrogens is 330 g/mol. The Kier molecular flexibility index (Phi) is 4.94. The van der Waals surface area contributed by atoms with E-state index in [2.05, 4.69) is 10.9 Å². The van der Waals surface area contributed by atoms with E-state index >= 15 is 0 Å². The van der Waals surface area contributed by atoms with Crippen molar-refractivity contribution in [3.05, 3.63) is 22.4 Å². The second kappa shape index (κ2) is 7.12. The molecule has 0 aromatic carbocycles. The molecule has 1 aromatic heterocycles. The monoisotopic (exact) mass is 349 g/mol. The fraction of sp³-hybridized carbons (Fsp3) is 0.500. The fourth-order valence-corrected chi connectivity index (χ4v) is 3.94. The summed E-state index contributed by atoms with van der Waals surface area (Å²) < 4.78 is 0. The van der Waals surface area contributed by atoms with Gasteiger partial charge < -0.3 is 0 Å². The Morgan fingerprint density at radius 2 is 1.79 bits per heavy atom. The van der Waals surface area contributed by atoms with Crippen LogP contribution in [0.15, 0.2) is 17.5 Å². The molecule has 2 atom stereocenters. The first-order valence-electron chi connectivity index (χ1n) is 8.06. The molecule has 128 valence electrons. The number of carbonyl (C=O) groups excluding carboxylic acids is 4. The molecule has 0 spiro atoms. The van der Waals surface area contributed by atoms with Gasteiger partial charge in [0.25, 0.3) is 5.91 Å². The van der Waals surface area contributed by atoms with E-state index in [0.29, 0.717) is 4.88 Å². The number of fused-ring (bicyclic) bond motifs is 1. The number of amides is 4. The fourth-order valence-electron chi connectivity index (χ4n) is 3.32. The third-order valence-electron chi connectivity index (χ3n) is 4.56. The van der Waals surface area contributed by atoms with Gasteiger partial charge in [0.05, 0.1) is 16.7 Å². The topological polar surface area (TPSA) is 95.6 Å². The molecule has 2 N–H and O–H groups in total. The first-order valence-corrected chi connectivity index (χ1v) is 8.94. The lowest BCUT2D eigenvalue weighted by molar-refractivity contribution is -0.140. The molecule has 1 saturated carbocycles. The van der Waals surface area contributed by atoms with Gasteiger partial charge in [-0.05, 0) is 24.3 Å². The van der Waals surface area contributed by atoms with Crippen LogP contribution >= 0.6 is 11.3 Å². The van der Waals surface area contributed by atoms with E-state index in [9.17, 15) is 19.2 Å². The van der Waals surface area contributed by atoms with Crippen LogP contribution in [0.5, 0.6) is 0 Å². The molecule has 7 nitrogen and oxygen atoms in total.